The molecule has 0 atom stereocenters. The van der Waals surface area contributed by atoms with Gasteiger partial charge in [-0.3, -0.25) is 4.79 Å². The van der Waals surface area contributed by atoms with Gasteiger partial charge in [0, 0.05) is 18.3 Å². The van der Waals surface area contributed by atoms with Crippen LogP contribution in [0.15, 0.2) is 41.2 Å². The van der Waals surface area contributed by atoms with Crippen molar-refractivity contribution in [2.24, 2.45) is 0 Å². The molecule has 0 saturated heterocycles. The van der Waals surface area contributed by atoms with Crippen molar-refractivity contribution >= 4 is 11.5 Å². The SMILES string of the molecule is CCCCN(c1ccccc1)c1cc(=O)[nH]c(C)n1. The van der Waals surface area contributed by atoms with Gasteiger partial charge in [0.05, 0.1) is 0 Å². The molecule has 2 rings (SSSR count). The second-order valence-electron chi connectivity index (χ2n) is 4.53. The fourth-order valence-electron chi connectivity index (χ4n) is 2.00. The van der Waals surface area contributed by atoms with Crippen molar-refractivity contribution in [3.8, 4) is 0 Å². The lowest BCUT2D eigenvalue weighted by atomic mass is 10.2. The third-order valence-electron chi connectivity index (χ3n) is 2.93. The summed E-state index contributed by atoms with van der Waals surface area (Å²) in [6.07, 6.45) is 2.16. The van der Waals surface area contributed by atoms with E-state index >= 15 is 0 Å². The number of nitrogens with zero attached hydrogens (tertiary/aromatic N) is 2. The molecule has 4 heteroatoms. The summed E-state index contributed by atoms with van der Waals surface area (Å²) in [7, 11) is 0. The Balaban J connectivity index is 2.39. The Morgan fingerprint density at radius 3 is 2.63 bits per heavy atom. The van der Waals surface area contributed by atoms with Crippen molar-refractivity contribution in [1.82, 2.24) is 9.97 Å². The van der Waals surface area contributed by atoms with Crippen molar-refractivity contribution in [2.45, 2.75) is 26.7 Å². The molecule has 0 saturated carbocycles. The normalized spacial score (nSPS) is 10.4. The van der Waals surface area contributed by atoms with E-state index in [1.807, 2.05) is 30.3 Å². The van der Waals surface area contributed by atoms with E-state index in [1.54, 1.807) is 13.0 Å². The van der Waals surface area contributed by atoms with Crippen LogP contribution in [0.4, 0.5) is 11.5 Å². The number of anilines is 2. The van der Waals surface area contributed by atoms with Crippen LogP contribution in [-0.2, 0) is 0 Å². The molecule has 0 bridgehead atoms. The molecule has 1 heterocycles. The third-order valence-corrected chi connectivity index (χ3v) is 2.93. The fourth-order valence-corrected chi connectivity index (χ4v) is 2.00. The number of nitrogens with one attached hydrogen (secondary N) is 1. The molecule has 2 aromatic rings. The van der Waals surface area contributed by atoms with Gasteiger partial charge in [0.1, 0.15) is 11.6 Å². The number of H-pyrrole nitrogens is 1. The van der Waals surface area contributed by atoms with Crippen LogP contribution >= 0.6 is 0 Å². The standard InChI is InChI=1S/C15H19N3O/c1-3-4-10-18(13-8-6-5-7-9-13)14-11-15(19)17-12(2)16-14/h5-9,11H,3-4,10H2,1-2H3,(H,16,17,19). The van der Waals surface area contributed by atoms with Crippen LogP contribution in [0, 0.1) is 6.92 Å². The molecule has 0 spiro atoms. The van der Waals surface area contributed by atoms with Crippen LogP contribution < -0.4 is 10.5 Å². The molecule has 1 N–H and O–H groups in total. The lowest BCUT2D eigenvalue weighted by Crippen LogP contribution is -2.22. The highest BCUT2D eigenvalue weighted by atomic mass is 16.1. The summed E-state index contributed by atoms with van der Waals surface area (Å²) in [6.45, 7) is 4.81. The topological polar surface area (TPSA) is 49.0 Å². The van der Waals surface area contributed by atoms with Crippen LogP contribution in [0.2, 0.25) is 0 Å². The smallest absolute Gasteiger partial charge is 0.252 e. The molecular weight excluding hydrogens is 238 g/mol. The van der Waals surface area contributed by atoms with Gasteiger partial charge < -0.3 is 9.88 Å². The Morgan fingerprint density at radius 1 is 1.26 bits per heavy atom. The Bertz CT molecular complexity index is 577. The lowest BCUT2D eigenvalue weighted by molar-refractivity contribution is 0.775. The molecule has 0 amide bonds. The van der Waals surface area contributed by atoms with Gasteiger partial charge in [-0.1, -0.05) is 31.5 Å². The Labute approximate surface area is 113 Å². The first-order chi connectivity index (χ1) is 9.20. The summed E-state index contributed by atoms with van der Waals surface area (Å²) in [5.41, 5.74) is 0.952. The number of hydrogen-bond donors (Lipinski definition) is 1. The van der Waals surface area contributed by atoms with Crippen LogP contribution in [0.5, 0.6) is 0 Å². The number of aryl methyl sites for hydroxylation is 1. The van der Waals surface area contributed by atoms with Crippen LogP contribution in [-0.4, -0.2) is 16.5 Å². The predicted molar refractivity (Wildman–Crippen MR) is 78.0 cm³/mol. The van der Waals surface area contributed by atoms with Crippen LogP contribution in [0.25, 0.3) is 0 Å². The summed E-state index contributed by atoms with van der Waals surface area (Å²) in [4.78, 5) is 20.8. The summed E-state index contributed by atoms with van der Waals surface area (Å²) >= 11 is 0. The second-order valence-corrected chi connectivity index (χ2v) is 4.53. The van der Waals surface area contributed by atoms with E-state index in [0.717, 1.165) is 25.1 Å². The van der Waals surface area contributed by atoms with Crippen molar-refractivity contribution in [1.29, 1.82) is 0 Å². The maximum Gasteiger partial charge on any atom is 0.252 e. The average molecular weight is 257 g/mol. The molecule has 19 heavy (non-hydrogen) atoms. The number of aromatic amines is 1. The zero-order valence-corrected chi connectivity index (χ0v) is 11.4. The summed E-state index contributed by atoms with van der Waals surface area (Å²) < 4.78 is 0. The Hall–Kier alpha value is -2.10. The van der Waals surface area contributed by atoms with Crippen molar-refractivity contribution in [3.63, 3.8) is 0 Å². The van der Waals surface area contributed by atoms with Gasteiger partial charge in [-0.25, -0.2) is 4.98 Å². The number of rotatable bonds is 5. The molecule has 0 fully saturated rings. The van der Waals surface area contributed by atoms with Gasteiger partial charge in [-0.2, -0.15) is 0 Å². The first-order valence-corrected chi connectivity index (χ1v) is 6.61. The third kappa shape index (κ3) is 3.44. The Morgan fingerprint density at radius 2 is 2.00 bits per heavy atom. The van der Waals surface area contributed by atoms with E-state index in [4.69, 9.17) is 0 Å². The second kappa shape index (κ2) is 6.18. The molecule has 1 aromatic heterocycles. The minimum absolute atomic E-state index is 0.111. The molecule has 4 nitrogen and oxygen atoms in total. The zero-order valence-electron chi connectivity index (χ0n) is 11.4. The highest BCUT2D eigenvalue weighted by Gasteiger charge is 2.11. The maximum absolute atomic E-state index is 11.6. The molecular formula is C15H19N3O. The summed E-state index contributed by atoms with van der Waals surface area (Å²) in [5.74, 6) is 1.35. The first-order valence-electron chi connectivity index (χ1n) is 6.61. The van der Waals surface area contributed by atoms with Crippen LogP contribution in [0.3, 0.4) is 0 Å². The summed E-state index contributed by atoms with van der Waals surface area (Å²) in [5, 5.41) is 0. The van der Waals surface area contributed by atoms with E-state index in [9.17, 15) is 4.79 Å². The van der Waals surface area contributed by atoms with Gasteiger partial charge in [0.25, 0.3) is 5.56 Å². The van der Waals surface area contributed by atoms with E-state index in [2.05, 4.69) is 21.8 Å². The van der Waals surface area contributed by atoms with Crippen molar-refractivity contribution < 1.29 is 0 Å². The molecule has 1 aromatic carbocycles. The minimum Gasteiger partial charge on any atom is -0.326 e. The van der Waals surface area contributed by atoms with E-state index < -0.39 is 0 Å². The monoisotopic (exact) mass is 257 g/mol. The highest BCUT2D eigenvalue weighted by Crippen LogP contribution is 2.22. The number of hydrogen-bond acceptors (Lipinski definition) is 3. The fraction of sp³-hybridized carbons (Fsp3) is 0.333. The van der Waals surface area contributed by atoms with Gasteiger partial charge in [0.2, 0.25) is 0 Å². The Kier molecular flexibility index (Phi) is 4.34. The minimum atomic E-state index is -0.111. The average Bonchev–Trinajstić information content (AvgIpc) is 2.39. The van der Waals surface area contributed by atoms with Crippen molar-refractivity contribution in [3.05, 3.63) is 52.6 Å². The molecule has 0 aliphatic heterocycles. The first kappa shape index (κ1) is 13.3. The van der Waals surface area contributed by atoms with Crippen LogP contribution in [0.1, 0.15) is 25.6 Å². The van der Waals surface area contributed by atoms with Gasteiger partial charge in [0.15, 0.2) is 0 Å². The molecule has 0 radical (unpaired) electrons. The number of unbranched alkanes of at least 4 members (excludes halogenated alkanes) is 1. The van der Waals surface area contributed by atoms with Gasteiger partial charge in [-0.05, 0) is 25.5 Å². The lowest BCUT2D eigenvalue weighted by Gasteiger charge is -2.23. The molecule has 100 valence electrons. The quantitative estimate of drug-likeness (QED) is 0.895. The maximum atomic E-state index is 11.6. The molecule has 0 unspecified atom stereocenters. The van der Waals surface area contributed by atoms with E-state index in [-0.39, 0.29) is 5.56 Å². The predicted octanol–water partition coefficient (Wildman–Crippen LogP) is 3.02. The largest absolute Gasteiger partial charge is 0.326 e. The van der Waals surface area contributed by atoms with E-state index in [0.29, 0.717) is 11.6 Å². The number of aromatic nitrogens is 2. The van der Waals surface area contributed by atoms with Gasteiger partial charge >= 0.3 is 0 Å². The number of para-hydroxylation sites is 1. The highest BCUT2D eigenvalue weighted by molar-refractivity contribution is 5.59. The van der Waals surface area contributed by atoms with Gasteiger partial charge in [-0.15, -0.1) is 0 Å². The number of benzene rings is 1. The molecule has 0 aliphatic carbocycles. The van der Waals surface area contributed by atoms with E-state index in [1.165, 1.54) is 0 Å². The zero-order chi connectivity index (χ0) is 13.7. The molecule has 0 aliphatic rings. The van der Waals surface area contributed by atoms with Crippen molar-refractivity contribution in [2.75, 3.05) is 11.4 Å². The summed E-state index contributed by atoms with van der Waals surface area (Å²) in [6, 6.07) is 11.6.